The Bertz CT molecular complexity index is 815. The summed E-state index contributed by atoms with van der Waals surface area (Å²) in [5, 5.41) is 3.09. The second-order valence-corrected chi connectivity index (χ2v) is 5.66. The van der Waals surface area contributed by atoms with E-state index in [0.29, 0.717) is 18.1 Å². The molecular formula is C19H16Cl2N2O2. The number of hydrogen-bond donors (Lipinski definition) is 1. The minimum atomic E-state index is -0.322. The zero-order chi connectivity index (χ0) is 18.2. The number of aromatic nitrogens is 1. The molecule has 0 atom stereocenters. The van der Waals surface area contributed by atoms with Crippen LogP contribution >= 0.6 is 23.2 Å². The fraction of sp³-hybridized carbons (Fsp3) is 0.0526. The first-order valence-corrected chi connectivity index (χ1v) is 8.11. The van der Waals surface area contributed by atoms with Crippen molar-refractivity contribution < 1.29 is 9.53 Å². The van der Waals surface area contributed by atoms with Gasteiger partial charge in [0.15, 0.2) is 0 Å². The van der Waals surface area contributed by atoms with Crippen LogP contribution in [0.25, 0.3) is 0 Å². The number of carbonyl (C=O) groups is 1. The van der Waals surface area contributed by atoms with Gasteiger partial charge in [0.2, 0.25) is 0 Å². The van der Waals surface area contributed by atoms with Crippen molar-refractivity contribution in [2.75, 3.05) is 0 Å². The van der Waals surface area contributed by atoms with Crippen LogP contribution in [0.15, 0.2) is 73.5 Å². The van der Waals surface area contributed by atoms with Crippen molar-refractivity contribution in [3.05, 3.63) is 95.0 Å². The van der Waals surface area contributed by atoms with Crippen LogP contribution in [0.2, 0.25) is 10.3 Å². The largest absolute Gasteiger partial charge is 0.457 e. The molecule has 0 unspecified atom stereocenters. The first kappa shape index (κ1) is 18.8. The lowest BCUT2D eigenvalue weighted by atomic mass is 10.2. The molecule has 0 aliphatic carbocycles. The fourth-order valence-corrected chi connectivity index (χ4v) is 2.36. The number of nitrogens with one attached hydrogen (secondary N) is 1. The van der Waals surface area contributed by atoms with E-state index in [2.05, 4.69) is 23.5 Å². The normalized spacial score (nSPS) is 10.9. The van der Waals surface area contributed by atoms with E-state index in [1.807, 2.05) is 12.1 Å². The number of halogens is 2. The molecule has 6 heteroatoms. The van der Waals surface area contributed by atoms with Gasteiger partial charge in [0.25, 0.3) is 5.91 Å². The Morgan fingerprint density at radius 2 is 1.88 bits per heavy atom. The van der Waals surface area contributed by atoms with Gasteiger partial charge in [-0.2, -0.15) is 0 Å². The highest BCUT2D eigenvalue weighted by molar-refractivity contribution is 6.34. The quantitative estimate of drug-likeness (QED) is 0.423. The topological polar surface area (TPSA) is 51.2 Å². The van der Waals surface area contributed by atoms with Crippen molar-refractivity contribution in [3.63, 3.8) is 0 Å². The molecule has 0 aliphatic heterocycles. The molecule has 0 bridgehead atoms. The Morgan fingerprint density at radius 3 is 2.48 bits per heavy atom. The summed E-state index contributed by atoms with van der Waals surface area (Å²) in [5.74, 6) is 0.936. The summed E-state index contributed by atoms with van der Waals surface area (Å²) in [7, 11) is 0. The number of pyridine rings is 1. The summed E-state index contributed by atoms with van der Waals surface area (Å²) < 4.78 is 5.63. The second kappa shape index (κ2) is 9.06. The van der Waals surface area contributed by atoms with Crippen LogP contribution in [0.5, 0.6) is 5.75 Å². The van der Waals surface area contributed by atoms with Crippen LogP contribution < -0.4 is 10.1 Å². The number of rotatable bonds is 7. The summed E-state index contributed by atoms with van der Waals surface area (Å²) in [4.78, 5) is 16.0. The number of carbonyl (C=O) groups excluding carboxylic acids is 1. The van der Waals surface area contributed by atoms with Crippen molar-refractivity contribution in [2.45, 2.75) is 6.54 Å². The summed E-state index contributed by atoms with van der Waals surface area (Å²) in [6.45, 7) is 7.63. The maximum Gasteiger partial charge on any atom is 0.254 e. The van der Waals surface area contributed by atoms with Gasteiger partial charge in [0, 0.05) is 6.54 Å². The Labute approximate surface area is 156 Å². The smallest absolute Gasteiger partial charge is 0.254 e. The molecule has 4 nitrogen and oxygen atoms in total. The van der Waals surface area contributed by atoms with Crippen molar-refractivity contribution in [3.8, 4) is 5.75 Å². The highest BCUT2D eigenvalue weighted by Crippen LogP contribution is 2.18. The molecule has 1 aromatic heterocycles. The molecule has 0 spiro atoms. The van der Waals surface area contributed by atoms with E-state index in [1.54, 1.807) is 30.4 Å². The van der Waals surface area contributed by atoms with Crippen LogP contribution in [0.3, 0.4) is 0 Å². The molecule has 1 heterocycles. The highest BCUT2D eigenvalue weighted by atomic mass is 35.5. The number of amides is 1. The van der Waals surface area contributed by atoms with Gasteiger partial charge in [-0.25, -0.2) is 4.98 Å². The first-order chi connectivity index (χ1) is 12.0. The minimum absolute atomic E-state index is 0.0692. The standard InChI is InChI=1S/C19H16Cl2N2O2/c1-3-5-14(4-2)25-15-8-6-13(7-9-15)12-22-19(24)16-10-11-17(20)23-18(16)21/h3-11H,1-2,12H2,(H,22,24)/b14-5+. The summed E-state index contributed by atoms with van der Waals surface area (Å²) >= 11 is 11.6. The van der Waals surface area contributed by atoms with E-state index in [9.17, 15) is 4.79 Å². The van der Waals surface area contributed by atoms with Gasteiger partial charge in [-0.05, 0) is 42.0 Å². The molecule has 25 heavy (non-hydrogen) atoms. The lowest BCUT2D eigenvalue weighted by Crippen LogP contribution is -2.23. The van der Waals surface area contributed by atoms with Gasteiger partial charge < -0.3 is 10.1 Å². The molecule has 1 aromatic carbocycles. The average molecular weight is 375 g/mol. The van der Waals surface area contributed by atoms with Crippen molar-refractivity contribution in [2.24, 2.45) is 0 Å². The van der Waals surface area contributed by atoms with Gasteiger partial charge in [-0.3, -0.25) is 4.79 Å². The van der Waals surface area contributed by atoms with Crippen LogP contribution in [-0.2, 0) is 6.54 Å². The maximum absolute atomic E-state index is 12.1. The predicted octanol–water partition coefficient (Wildman–Crippen LogP) is 4.95. The van der Waals surface area contributed by atoms with Crippen LogP contribution in [0.4, 0.5) is 0 Å². The van der Waals surface area contributed by atoms with E-state index in [-0.39, 0.29) is 21.8 Å². The Balaban J connectivity index is 1.97. The number of benzene rings is 1. The molecule has 0 fully saturated rings. The molecule has 0 saturated carbocycles. The van der Waals surface area contributed by atoms with E-state index in [0.717, 1.165) is 5.56 Å². The second-order valence-electron chi connectivity index (χ2n) is 4.91. The molecule has 1 N–H and O–H groups in total. The van der Waals surface area contributed by atoms with Crippen molar-refractivity contribution in [1.82, 2.24) is 10.3 Å². The lowest BCUT2D eigenvalue weighted by molar-refractivity contribution is 0.0950. The number of nitrogens with zero attached hydrogens (tertiary/aromatic N) is 1. The van der Waals surface area contributed by atoms with E-state index in [1.165, 1.54) is 12.1 Å². The molecular weight excluding hydrogens is 359 g/mol. The van der Waals surface area contributed by atoms with E-state index in [4.69, 9.17) is 27.9 Å². The maximum atomic E-state index is 12.1. The fourth-order valence-electron chi connectivity index (χ4n) is 1.93. The zero-order valence-corrected chi connectivity index (χ0v) is 14.8. The first-order valence-electron chi connectivity index (χ1n) is 7.35. The van der Waals surface area contributed by atoms with E-state index >= 15 is 0 Å². The molecule has 0 saturated heterocycles. The van der Waals surface area contributed by atoms with Crippen LogP contribution in [0.1, 0.15) is 15.9 Å². The lowest BCUT2D eigenvalue weighted by Gasteiger charge is -2.09. The van der Waals surface area contributed by atoms with Crippen molar-refractivity contribution >= 4 is 29.1 Å². The van der Waals surface area contributed by atoms with Crippen LogP contribution in [-0.4, -0.2) is 10.9 Å². The molecule has 1 amide bonds. The zero-order valence-electron chi connectivity index (χ0n) is 13.3. The molecule has 0 radical (unpaired) electrons. The number of ether oxygens (including phenoxy) is 1. The molecule has 2 aromatic rings. The Kier molecular flexibility index (Phi) is 6.81. The van der Waals surface area contributed by atoms with Gasteiger partial charge in [-0.15, -0.1) is 0 Å². The van der Waals surface area contributed by atoms with Gasteiger partial charge in [0.1, 0.15) is 21.8 Å². The summed E-state index contributed by atoms with van der Waals surface area (Å²) in [6, 6.07) is 10.4. The average Bonchev–Trinajstić information content (AvgIpc) is 2.60. The third-order valence-corrected chi connectivity index (χ3v) is 3.65. The third-order valence-electron chi connectivity index (χ3n) is 3.15. The molecule has 0 aliphatic rings. The van der Waals surface area contributed by atoms with Gasteiger partial charge >= 0.3 is 0 Å². The van der Waals surface area contributed by atoms with Crippen LogP contribution in [0, 0.1) is 0 Å². The monoisotopic (exact) mass is 374 g/mol. The van der Waals surface area contributed by atoms with Gasteiger partial charge in [0.05, 0.1) is 5.56 Å². The predicted molar refractivity (Wildman–Crippen MR) is 101 cm³/mol. The van der Waals surface area contributed by atoms with E-state index < -0.39 is 0 Å². The van der Waals surface area contributed by atoms with Gasteiger partial charge in [-0.1, -0.05) is 54.6 Å². The highest BCUT2D eigenvalue weighted by Gasteiger charge is 2.11. The van der Waals surface area contributed by atoms with Crippen molar-refractivity contribution in [1.29, 1.82) is 0 Å². The SMILES string of the molecule is C=C/C=C(\C=C)Oc1ccc(CNC(=O)c2ccc(Cl)nc2Cl)cc1. The summed E-state index contributed by atoms with van der Waals surface area (Å²) in [5.41, 5.74) is 1.18. The molecule has 128 valence electrons. The number of allylic oxidation sites excluding steroid dienone is 3. The summed E-state index contributed by atoms with van der Waals surface area (Å²) in [6.07, 6.45) is 4.93. The molecule has 2 rings (SSSR count). The third kappa shape index (κ3) is 5.48. The Morgan fingerprint density at radius 1 is 1.16 bits per heavy atom. The minimum Gasteiger partial charge on any atom is -0.457 e. The number of hydrogen-bond acceptors (Lipinski definition) is 3. The Hall–Kier alpha value is -2.56.